The fraction of sp³-hybridized carbons (Fsp3) is 0.174. The summed E-state index contributed by atoms with van der Waals surface area (Å²) in [6, 6.07) is 6.61. The molecule has 0 aliphatic rings. The Hall–Kier alpha value is -3.48. The number of nitrogens with one attached hydrogen (secondary N) is 1. The number of ketones is 1. The molecule has 0 radical (unpaired) electrons. The molecule has 0 aliphatic heterocycles. The highest BCUT2D eigenvalue weighted by Crippen LogP contribution is 2.37. The summed E-state index contributed by atoms with van der Waals surface area (Å²) in [4.78, 5) is 24.2. The minimum Gasteiger partial charge on any atom is -0.363 e. The van der Waals surface area contributed by atoms with Crippen molar-refractivity contribution in [3.8, 4) is 0 Å². The Labute approximate surface area is 208 Å². The Bertz CT molecular complexity index is 1570. The number of anilines is 1. The number of pyridine rings is 2. The highest BCUT2D eigenvalue weighted by atomic mass is 35.5. The van der Waals surface area contributed by atoms with E-state index in [9.17, 15) is 26.4 Å². The summed E-state index contributed by atoms with van der Waals surface area (Å²) < 4.78 is 73.0. The van der Waals surface area contributed by atoms with E-state index < -0.39 is 44.2 Å². The van der Waals surface area contributed by atoms with Crippen LogP contribution in [-0.2, 0) is 20.9 Å². The number of carbonyl (C=O) groups is 1. The van der Waals surface area contributed by atoms with Crippen molar-refractivity contribution in [1.29, 1.82) is 0 Å². The number of hydrogen-bond donors (Lipinski definition) is 1. The van der Waals surface area contributed by atoms with Gasteiger partial charge in [-0.1, -0.05) is 11.6 Å². The third kappa shape index (κ3) is 4.54. The lowest BCUT2D eigenvalue weighted by Gasteiger charge is -2.25. The molecule has 0 aliphatic carbocycles. The van der Waals surface area contributed by atoms with E-state index in [2.05, 4.69) is 15.0 Å². The Morgan fingerprint density at radius 1 is 1.19 bits per heavy atom. The second-order valence-corrected chi connectivity index (χ2v) is 9.94. The van der Waals surface area contributed by atoms with Gasteiger partial charge in [-0.25, -0.2) is 17.7 Å². The van der Waals surface area contributed by atoms with E-state index in [-0.39, 0.29) is 16.9 Å². The fourth-order valence-electron chi connectivity index (χ4n) is 3.70. The van der Waals surface area contributed by atoms with Gasteiger partial charge in [0.1, 0.15) is 18.1 Å². The van der Waals surface area contributed by atoms with E-state index in [4.69, 9.17) is 16.3 Å². The van der Waals surface area contributed by atoms with Crippen molar-refractivity contribution < 1.29 is 31.1 Å². The Kier molecular flexibility index (Phi) is 6.78. The molecule has 0 fully saturated rings. The number of methoxy groups -OCH3 is 1. The van der Waals surface area contributed by atoms with E-state index in [0.717, 1.165) is 12.1 Å². The zero-order valence-corrected chi connectivity index (χ0v) is 20.4. The minimum absolute atomic E-state index is 0.173. The van der Waals surface area contributed by atoms with Gasteiger partial charge in [-0.2, -0.15) is 13.2 Å². The van der Waals surface area contributed by atoms with Crippen LogP contribution in [-0.4, -0.2) is 43.0 Å². The van der Waals surface area contributed by atoms with Crippen LogP contribution >= 0.6 is 11.6 Å². The number of ether oxygens (including phenoxy) is 1. The summed E-state index contributed by atoms with van der Waals surface area (Å²) in [7, 11) is -3.45. The molecular weight excluding hydrogens is 521 g/mol. The van der Waals surface area contributed by atoms with Gasteiger partial charge in [-0.05, 0) is 48.9 Å². The average molecular weight is 539 g/mol. The Morgan fingerprint density at radius 2 is 1.94 bits per heavy atom. The molecular formula is C23H18ClF3N4O4S. The second-order valence-electron chi connectivity index (χ2n) is 7.67. The molecule has 13 heteroatoms. The van der Waals surface area contributed by atoms with Crippen LogP contribution in [0.15, 0.2) is 59.9 Å². The number of carbonyl (C=O) groups excluding carboxylic acids is 1. The topological polar surface area (TPSA) is 105 Å². The van der Waals surface area contributed by atoms with Crippen molar-refractivity contribution in [3.63, 3.8) is 0 Å². The molecule has 3 heterocycles. The average Bonchev–Trinajstić information content (AvgIpc) is 3.30. The predicted octanol–water partition coefficient (Wildman–Crippen LogP) is 4.97. The van der Waals surface area contributed by atoms with Crippen molar-refractivity contribution in [2.75, 3.05) is 18.1 Å². The number of sulfonamides is 1. The monoisotopic (exact) mass is 538 g/mol. The van der Waals surface area contributed by atoms with Gasteiger partial charge in [-0.3, -0.25) is 9.78 Å². The first-order chi connectivity index (χ1) is 17.0. The first-order valence-electron chi connectivity index (χ1n) is 10.3. The largest absolute Gasteiger partial charge is 0.417 e. The molecule has 0 unspecified atom stereocenters. The lowest BCUT2D eigenvalue weighted by Crippen LogP contribution is -2.34. The molecule has 0 spiro atoms. The molecule has 0 saturated heterocycles. The van der Waals surface area contributed by atoms with Gasteiger partial charge in [0.25, 0.3) is 10.0 Å². The number of hydrogen-bond acceptors (Lipinski definition) is 6. The summed E-state index contributed by atoms with van der Waals surface area (Å²) in [6.07, 6.45) is -0.480. The van der Waals surface area contributed by atoms with Crippen LogP contribution in [0.2, 0.25) is 5.02 Å². The number of benzene rings is 1. The zero-order chi connectivity index (χ0) is 26.3. The van der Waals surface area contributed by atoms with Crippen molar-refractivity contribution in [1.82, 2.24) is 15.0 Å². The molecule has 0 bridgehead atoms. The van der Waals surface area contributed by atoms with E-state index in [0.29, 0.717) is 27.0 Å². The van der Waals surface area contributed by atoms with Gasteiger partial charge >= 0.3 is 6.18 Å². The maximum Gasteiger partial charge on any atom is 0.417 e. The van der Waals surface area contributed by atoms with Gasteiger partial charge in [-0.15, -0.1) is 0 Å². The van der Waals surface area contributed by atoms with Crippen molar-refractivity contribution in [2.45, 2.75) is 18.0 Å². The number of aromatic amines is 1. The van der Waals surface area contributed by atoms with Gasteiger partial charge < -0.3 is 9.72 Å². The summed E-state index contributed by atoms with van der Waals surface area (Å²) in [6.45, 7) is 1.07. The standard InChI is InChI=1S/C23H18ClF3N4O4S/c1-13-11-30-22-15(7-9-29-22)19(13)21(32)20-18(4-3-8-28-20)31(12-35-2)36(33,34)14-5-6-17(24)16(10-14)23(25,26)27/h3-11H,12H2,1-2H3,(H,29,30). The summed E-state index contributed by atoms with van der Waals surface area (Å²) in [5.74, 6) is -0.599. The van der Waals surface area contributed by atoms with E-state index in [1.54, 1.807) is 19.2 Å². The van der Waals surface area contributed by atoms with Crippen LogP contribution in [0.4, 0.5) is 18.9 Å². The smallest absolute Gasteiger partial charge is 0.363 e. The van der Waals surface area contributed by atoms with Crippen molar-refractivity contribution in [2.24, 2.45) is 0 Å². The van der Waals surface area contributed by atoms with Gasteiger partial charge in [0, 0.05) is 36.7 Å². The highest BCUT2D eigenvalue weighted by molar-refractivity contribution is 7.92. The van der Waals surface area contributed by atoms with Crippen LogP contribution in [0.25, 0.3) is 11.0 Å². The minimum atomic E-state index is -4.88. The zero-order valence-electron chi connectivity index (χ0n) is 18.8. The first-order valence-corrected chi connectivity index (χ1v) is 12.1. The predicted molar refractivity (Wildman–Crippen MR) is 126 cm³/mol. The van der Waals surface area contributed by atoms with E-state index >= 15 is 0 Å². The molecule has 188 valence electrons. The van der Waals surface area contributed by atoms with Crippen molar-refractivity contribution >= 4 is 44.1 Å². The first kappa shape index (κ1) is 25.6. The number of aryl methyl sites for hydroxylation is 1. The normalized spacial score (nSPS) is 12.2. The van der Waals surface area contributed by atoms with E-state index in [1.165, 1.54) is 31.6 Å². The van der Waals surface area contributed by atoms with Crippen LogP contribution in [0.3, 0.4) is 0 Å². The lowest BCUT2D eigenvalue weighted by molar-refractivity contribution is -0.137. The maximum absolute atomic E-state index is 13.7. The molecule has 3 aromatic heterocycles. The second kappa shape index (κ2) is 9.52. The fourth-order valence-corrected chi connectivity index (χ4v) is 5.33. The highest BCUT2D eigenvalue weighted by Gasteiger charge is 2.36. The third-order valence-electron chi connectivity index (χ3n) is 5.35. The number of rotatable bonds is 7. The number of alkyl halides is 3. The molecule has 1 N–H and O–H groups in total. The molecule has 0 atom stereocenters. The molecule has 4 rings (SSSR count). The number of aromatic nitrogens is 3. The summed E-state index contributed by atoms with van der Waals surface area (Å²) in [5.41, 5.74) is -0.497. The molecule has 36 heavy (non-hydrogen) atoms. The third-order valence-corrected chi connectivity index (χ3v) is 7.41. The number of H-pyrrole nitrogens is 1. The Balaban J connectivity index is 1.88. The SMILES string of the molecule is COCN(c1cccnc1C(=O)c1c(C)cnc2[nH]ccc12)S(=O)(=O)c1ccc(Cl)c(C(F)(F)F)c1. The van der Waals surface area contributed by atoms with Gasteiger partial charge in [0.15, 0.2) is 0 Å². The molecule has 4 aromatic rings. The van der Waals surface area contributed by atoms with Crippen LogP contribution in [0.5, 0.6) is 0 Å². The van der Waals surface area contributed by atoms with Crippen LogP contribution < -0.4 is 4.31 Å². The summed E-state index contributed by atoms with van der Waals surface area (Å²) in [5, 5.41) is -0.147. The summed E-state index contributed by atoms with van der Waals surface area (Å²) >= 11 is 5.66. The quantitative estimate of drug-likeness (QED) is 0.263. The number of fused-ring (bicyclic) bond motifs is 1. The van der Waals surface area contributed by atoms with Crippen LogP contribution in [0.1, 0.15) is 27.2 Å². The maximum atomic E-state index is 13.7. The molecule has 8 nitrogen and oxygen atoms in total. The van der Waals surface area contributed by atoms with Gasteiger partial charge in [0.2, 0.25) is 5.78 Å². The molecule has 0 amide bonds. The molecule has 0 saturated carbocycles. The number of halogens is 4. The Morgan fingerprint density at radius 3 is 2.64 bits per heavy atom. The number of nitrogens with zero attached hydrogens (tertiary/aromatic N) is 3. The van der Waals surface area contributed by atoms with E-state index in [1.807, 2.05) is 0 Å². The van der Waals surface area contributed by atoms with Gasteiger partial charge in [0.05, 0.1) is 21.2 Å². The van der Waals surface area contributed by atoms with Crippen LogP contribution in [0, 0.1) is 6.92 Å². The lowest BCUT2D eigenvalue weighted by atomic mass is 10.00. The molecule has 1 aromatic carbocycles. The van der Waals surface area contributed by atoms with Crippen molar-refractivity contribution in [3.05, 3.63) is 82.4 Å².